The monoisotopic (exact) mass is 1200 g/mol. The van der Waals surface area contributed by atoms with E-state index in [2.05, 4.69) is 315 Å². The molecule has 0 aliphatic heterocycles. The predicted octanol–water partition coefficient (Wildman–Crippen LogP) is 27.4. The zero-order valence-corrected chi connectivity index (χ0v) is 52.0. The van der Waals surface area contributed by atoms with Gasteiger partial charge in [0, 0.05) is 0 Å². The summed E-state index contributed by atoms with van der Waals surface area (Å²) in [5.41, 5.74) is 10.3. The van der Waals surface area contributed by atoms with Gasteiger partial charge in [-0.2, -0.15) is 0 Å². The molecule has 0 unspecified atom stereocenters. The van der Waals surface area contributed by atoms with Gasteiger partial charge in [-0.05, 0) is 275 Å². The number of benzene rings is 24. The molecular formula is C96H52. The maximum absolute atomic E-state index is 2.40. The SMILES string of the molecule is c1cc2ccc3cc(-c4ccc5ccc6ccc(-c7cc8ccc9cccc%10ccc(c7)c8c9%10)c7ccc4c5c67)cc4ccc(c1)c2c34.c1cc2ccc3cc(-c4ccc5ccc6ccc(-c7ccc8ccc9cccc%10ccc7c8c9%10)c7ccc4c5c67)cc4ccc(c1)c2c34. The van der Waals surface area contributed by atoms with Crippen molar-refractivity contribution >= 4 is 194 Å². The van der Waals surface area contributed by atoms with Crippen LogP contribution in [0.2, 0.25) is 0 Å². The molecular weight excluding hydrogens is 1150 g/mol. The molecule has 0 aliphatic carbocycles. The van der Waals surface area contributed by atoms with Gasteiger partial charge < -0.3 is 0 Å². The highest BCUT2D eigenvalue weighted by Gasteiger charge is 2.22. The zero-order valence-electron chi connectivity index (χ0n) is 52.0. The van der Waals surface area contributed by atoms with Gasteiger partial charge in [0.15, 0.2) is 0 Å². The quantitative estimate of drug-likeness (QED) is 0.154. The standard InChI is InChI=1S/2C48H26/c1-3-27-9-13-33-23-37(24-34-14-10-28(4-1)43(27)45(33)34)39-19-17-31-7-8-32-18-20-40(42-22-21-41(39)47(31)48(32)42)38-25-35-15-11-29-5-2-6-30-12-16-36(26-38)46(35)44(29)30;1-3-27-11-13-34-25-36(26-35-14-12-28(4-1)43(27)45(34)35)37-19-15-32-9-10-33-17-21-39(42-24-23-40(37)47(32)48(33)42)38-20-16-31-8-7-29-5-2-6-30-18-22-41(38)46(31)44(29)30/h2*1-26H. The number of hydrogen-bond donors (Lipinski definition) is 0. The molecule has 24 aromatic rings. The van der Waals surface area contributed by atoms with Crippen LogP contribution in [0.1, 0.15) is 0 Å². The average Bonchev–Trinajstić information content (AvgIpc) is 0.728. The summed E-state index contributed by atoms with van der Waals surface area (Å²) in [5, 5.41) is 47.6. The van der Waals surface area contributed by atoms with Gasteiger partial charge in [0.25, 0.3) is 0 Å². The third kappa shape index (κ3) is 6.91. The van der Waals surface area contributed by atoms with Crippen LogP contribution in [0, 0.1) is 0 Å². The molecule has 0 aromatic heterocycles. The van der Waals surface area contributed by atoms with Crippen molar-refractivity contribution in [2.75, 3.05) is 0 Å². The maximum Gasteiger partial charge on any atom is -0.00203 e. The summed E-state index contributed by atoms with van der Waals surface area (Å²) in [6.07, 6.45) is 0. The molecule has 0 nitrogen and oxygen atoms in total. The lowest BCUT2D eigenvalue weighted by Crippen LogP contribution is -1.91. The third-order valence-corrected chi connectivity index (χ3v) is 22.5. The van der Waals surface area contributed by atoms with Crippen molar-refractivity contribution < 1.29 is 0 Å². The molecule has 0 radical (unpaired) electrons. The van der Waals surface area contributed by atoms with Crippen LogP contribution in [0.4, 0.5) is 0 Å². The van der Waals surface area contributed by atoms with E-state index >= 15 is 0 Å². The van der Waals surface area contributed by atoms with E-state index in [0.29, 0.717) is 0 Å². The zero-order chi connectivity index (χ0) is 62.2. The molecule has 96 heavy (non-hydrogen) atoms. The fraction of sp³-hybridized carbons (Fsp3) is 0. The van der Waals surface area contributed by atoms with Crippen LogP contribution < -0.4 is 0 Å². The van der Waals surface area contributed by atoms with Crippen molar-refractivity contribution in [3.8, 4) is 44.5 Å². The van der Waals surface area contributed by atoms with Gasteiger partial charge >= 0.3 is 0 Å². The maximum atomic E-state index is 2.40. The van der Waals surface area contributed by atoms with Crippen LogP contribution in [0.3, 0.4) is 0 Å². The molecule has 24 rings (SSSR count). The smallest absolute Gasteiger partial charge is 0.00203 e. The molecule has 436 valence electrons. The van der Waals surface area contributed by atoms with Crippen LogP contribution in [0.15, 0.2) is 315 Å². The molecule has 0 saturated carbocycles. The molecule has 0 amide bonds. The predicted molar refractivity (Wildman–Crippen MR) is 417 cm³/mol. The van der Waals surface area contributed by atoms with Gasteiger partial charge in [0.2, 0.25) is 0 Å². The molecule has 0 fully saturated rings. The second-order valence-corrected chi connectivity index (χ2v) is 27.3. The minimum absolute atomic E-state index is 1.27. The summed E-state index contributed by atoms with van der Waals surface area (Å²) in [4.78, 5) is 0. The fourth-order valence-corrected chi connectivity index (χ4v) is 18.3. The summed E-state index contributed by atoms with van der Waals surface area (Å²) in [6, 6.07) is 119. The lowest BCUT2D eigenvalue weighted by atomic mass is 9.84. The lowest BCUT2D eigenvalue weighted by molar-refractivity contribution is 1.70. The van der Waals surface area contributed by atoms with Crippen LogP contribution in [0.5, 0.6) is 0 Å². The molecule has 0 spiro atoms. The highest BCUT2D eigenvalue weighted by atomic mass is 14.3. The minimum atomic E-state index is 1.27. The Balaban J connectivity index is 0.000000121. The Morgan fingerprint density at radius 2 is 0.250 bits per heavy atom. The van der Waals surface area contributed by atoms with Gasteiger partial charge in [-0.1, -0.05) is 279 Å². The Labute approximate surface area is 550 Å². The van der Waals surface area contributed by atoms with Crippen LogP contribution in [-0.4, -0.2) is 0 Å². The van der Waals surface area contributed by atoms with E-state index < -0.39 is 0 Å². The third-order valence-electron chi connectivity index (χ3n) is 22.5. The van der Waals surface area contributed by atoms with Crippen molar-refractivity contribution in [3.05, 3.63) is 315 Å². The second-order valence-electron chi connectivity index (χ2n) is 27.3. The molecule has 0 atom stereocenters. The van der Waals surface area contributed by atoms with Crippen molar-refractivity contribution in [1.29, 1.82) is 0 Å². The van der Waals surface area contributed by atoms with Gasteiger partial charge in [0.1, 0.15) is 0 Å². The van der Waals surface area contributed by atoms with E-state index in [4.69, 9.17) is 0 Å². The van der Waals surface area contributed by atoms with E-state index in [1.54, 1.807) is 0 Å². The van der Waals surface area contributed by atoms with Crippen LogP contribution >= 0.6 is 0 Å². The van der Waals surface area contributed by atoms with Gasteiger partial charge in [0.05, 0.1) is 0 Å². The molecule has 0 heterocycles. The molecule has 0 bridgehead atoms. The number of hydrogen-bond acceptors (Lipinski definition) is 0. The van der Waals surface area contributed by atoms with E-state index in [1.807, 2.05) is 0 Å². The van der Waals surface area contributed by atoms with Gasteiger partial charge in [-0.15, -0.1) is 0 Å². The Hall–Kier alpha value is -12.5. The minimum Gasteiger partial charge on any atom is -0.0610 e. The molecule has 0 aliphatic rings. The average molecular weight is 1210 g/mol. The number of rotatable bonds is 4. The van der Waals surface area contributed by atoms with E-state index in [9.17, 15) is 0 Å². The topological polar surface area (TPSA) is 0 Å². The highest BCUT2D eigenvalue weighted by molar-refractivity contribution is 6.34. The van der Waals surface area contributed by atoms with Crippen LogP contribution in [0.25, 0.3) is 238 Å². The van der Waals surface area contributed by atoms with Gasteiger partial charge in [-0.3, -0.25) is 0 Å². The van der Waals surface area contributed by atoms with Gasteiger partial charge in [-0.25, -0.2) is 0 Å². The molecule has 0 N–H and O–H groups in total. The molecule has 0 heteroatoms. The Morgan fingerprint density at radius 3 is 0.500 bits per heavy atom. The van der Waals surface area contributed by atoms with Crippen LogP contribution in [-0.2, 0) is 0 Å². The highest BCUT2D eigenvalue weighted by Crippen LogP contribution is 2.50. The largest absolute Gasteiger partial charge is 0.0610 e. The first-order valence-corrected chi connectivity index (χ1v) is 33.7. The summed E-state index contributed by atoms with van der Waals surface area (Å²) in [6.45, 7) is 0. The van der Waals surface area contributed by atoms with E-state index in [0.717, 1.165) is 0 Å². The normalized spacial score (nSPS) is 12.6. The van der Waals surface area contributed by atoms with Crippen molar-refractivity contribution in [1.82, 2.24) is 0 Å². The summed E-state index contributed by atoms with van der Waals surface area (Å²) < 4.78 is 0. The Morgan fingerprint density at radius 1 is 0.104 bits per heavy atom. The lowest BCUT2D eigenvalue weighted by Gasteiger charge is -2.19. The first-order chi connectivity index (χ1) is 47.5. The summed E-state index contributed by atoms with van der Waals surface area (Å²) >= 11 is 0. The van der Waals surface area contributed by atoms with Crippen molar-refractivity contribution in [3.63, 3.8) is 0 Å². The first-order valence-electron chi connectivity index (χ1n) is 33.7. The Bertz CT molecular complexity index is 7000. The molecule has 0 saturated heterocycles. The summed E-state index contributed by atoms with van der Waals surface area (Å²) in [5.74, 6) is 0. The van der Waals surface area contributed by atoms with Crippen molar-refractivity contribution in [2.45, 2.75) is 0 Å². The van der Waals surface area contributed by atoms with E-state index in [-0.39, 0.29) is 0 Å². The fourth-order valence-electron chi connectivity index (χ4n) is 18.3. The summed E-state index contributed by atoms with van der Waals surface area (Å²) in [7, 11) is 0. The van der Waals surface area contributed by atoms with E-state index in [1.165, 1.54) is 238 Å². The first kappa shape index (κ1) is 51.1. The Kier molecular flexibility index (Phi) is 9.92. The second kappa shape index (κ2) is 18.6. The van der Waals surface area contributed by atoms with Crippen molar-refractivity contribution in [2.24, 2.45) is 0 Å². The molecule has 24 aromatic carbocycles.